The Kier molecular flexibility index (Phi) is 2.10. The number of phenolic OH excluding ortho intramolecular Hbond substituents is 2. The van der Waals surface area contributed by atoms with Crippen LogP contribution in [0.3, 0.4) is 0 Å². The Morgan fingerprint density at radius 3 is 2.71 bits per heavy atom. The molecule has 0 aliphatic carbocycles. The maximum absolute atomic E-state index is 9.25. The lowest BCUT2D eigenvalue weighted by Gasteiger charge is -2.03. The normalized spacial score (nSPS) is 10.3. The molecule has 0 fully saturated rings. The summed E-state index contributed by atoms with van der Waals surface area (Å²) in [5, 5.41) is 18.4. The number of phenols is 2. The van der Waals surface area contributed by atoms with Crippen molar-refractivity contribution in [3.63, 3.8) is 0 Å². The van der Waals surface area contributed by atoms with Crippen molar-refractivity contribution in [2.75, 3.05) is 0 Å². The second-order valence-electron chi connectivity index (χ2n) is 3.06. The summed E-state index contributed by atoms with van der Waals surface area (Å²) in [6, 6.07) is 4.77. The Morgan fingerprint density at radius 2 is 2.07 bits per heavy atom. The van der Waals surface area contributed by atoms with Crippen molar-refractivity contribution in [3.05, 3.63) is 42.5 Å². The minimum absolute atomic E-state index is 0.0948. The van der Waals surface area contributed by atoms with Crippen molar-refractivity contribution >= 4 is 0 Å². The molecule has 1 aromatic carbocycles. The summed E-state index contributed by atoms with van der Waals surface area (Å²) in [5.41, 5.74) is 0.915. The van der Waals surface area contributed by atoms with Crippen molar-refractivity contribution in [2.45, 2.75) is 6.54 Å². The largest absolute Gasteiger partial charge is 0.504 e. The molecule has 4 heteroatoms. The quantitative estimate of drug-likeness (QED) is 0.702. The van der Waals surface area contributed by atoms with E-state index in [-0.39, 0.29) is 11.5 Å². The van der Waals surface area contributed by atoms with Crippen molar-refractivity contribution in [1.29, 1.82) is 0 Å². The van der Waals surface area contributed by atoms with Gasteiger partial charge in [-0.2, -0.15) is 0 Å². The van der Waals surface area contributed by atoms with Crippen LogP contribution in [-0.2, 0) is 6.54 Å². The van der Waals surface area contributed by atoms with Crippen molar-refractivity contribution < 1.29 is 10.2 Å². The molecule has 0 aliphatic rings. The fourth-order valence-electron chi connectivity index (χ4n) is 1.26. The van der Waals surface area contributed by atoms with Crippen LogP contribution in [0.5, 0.6) is 11.5 Å². The number of hydrogen-bond donors (Lipinski definition) is 2. The summed E-state index contributed by atoms with van der Waals surface area (Å²) in [7, 11) is 0. The molecule has 0 atom stereocenters. The second kappa shape index (κ2) is 3.41. The van der Waals surface area contributed by atoms with Crippen LogP contribution in [0, 0.1) is 0 Å². The first-order valence-electron chi connectivity index (χ1n) is 4.22. The van der Waals surface area contributed by atoms with E-state index in [1.807, 2.05) is 10.8 Å². The zero-order valence-electron chi connectivity index (χ0n) is 7.46. The van der Waals surface area contributed by atoms with E-state index in [4.69, 9.17) is 5.11 Å². The average molecular weight is 190 g/mol. The lowest BCUT2D eigenvalue weighted by molar-refractivity contribution is 0.403. The molecule has 0 amide bonds. The molecule has 72 valence electrons. The fourth-order valence-corrected chi connectivity index (χ4v) is 1.26. The smallest absolute Gasteiger partial charge is 0.157 e. The van der Waals surface area contributed by atoms with Crippen molar-refractivity contribution in [2.24, 2.45) is 0 Å². The number of hydrogen-bond acceptors (Lipinski definition) is 3. The maximum Gasteiger partial charge on any atom is 0.157 e. The van der Waals surface area contributed by atoms with Gasteiger partial charge in [0.25, 0.3) is 0 Å². The molecular weight excluding hydrogens is 180 g/mol. The highest BCUT2D eigenvalue weighted by atomic mass is 16.3. The zero-order valence-corrected chi connectivity index (χ0v) is 7.46. The van der Waals surface area contributed by atoms with Gasteiger partial charge in [-0.15, -0.1) is 0 Å². The molecule has 2 N–H and O–H groups in total. The molecule has 0 saturated carbocycles. The van der Waals surface area contributed by atoms with Gasteiger partial charge in [-0.1, -0.05) is 6.07 Å². The summed E-state index contributed by atoms with van der Waals surface area (Å²) >= 11 is 0. The molecule has 0 aliphatic heterocycles. The fraction of sp³-hybridized carbons (Fsp3) is 0.100. The molecule has 1 aromatic heterocycles. The van der Waals surface area contributed by atoms with Crippen molar-refractivity contribution in [3.8, 4) is 11.5 Å². The third-order valence-corrected chi connectivity index (χ3v) is 1.96. The monoisotopic (exact) mass is 190 g/mol. The maximum atomic E-state index is 9.25. The standard InChI is InChI=1S/C10H10N2O2/c13-9-2-1-8(5-10(9)14)6-12-4-3-11-7-12/h1-5,7,13-14H,6H2. The van der Waals surface area contributed by atoms with E-state index in [1.165, 1.54) is 12.1 Å². The highest BCUT2D eigenvalue weighted by Gasteiger charge is 2.00. The summed E-state index contributed by atoms with van der Waals surface area (Å²) in [4.78, 5) is 3.91. The average Bonchev–Trinajstić information content (AvgIpc) is 2.64. The first-order valence-corrected chi connectivity index (χ1v) is 4.22. The molecule has 0 saturated heterocycles. The first kappa shape index (κ1) is 8.62. The molecule has 4 nitrogen and oxygen atoms in total. The SMILES string of the molecule is Oc1ccc(Cn2ccnc2)cc1O. The van der Waals surface area contributed by atoms with E-state index in [0.29, 0.717) is 6.54 Å². The van der Waals surface area contributed by atoms with Gasteiger partial charge in [0.2, 0.25) is 0 Å². The highest BCUT2D eigenvalue weighted by Crippen LogP contribution is 2.25. The van der Waals surface area contributed by atoms with Gasteiger partial charge in [-0.05, 0) is 17.7 Å². The van der Waals surface area contributed by atoms with Crippen LogP contribution in [0.1, 0.15) is 5.56 Å². The van der Waals surface area contributed by atoms with E-state index >= 15 is 0 Å². The third kappa shape index (κ3) is 1.69. The minimum atomic E-state index is -0.0978. The molecule has 0 radical (unpaired) electrons. The number of nitrogens with zero attached hydrogens (tertiary/aromatic N) is 2. The molecule has 0 spiro atoms. The number of aromatic hydroxyl groups is 2. The van der Waals surface area contributed by atoms with Crippen LogP contribution in [0.25, 0.3) is 0 Å². The second-order valence-corrected chi connectivity index (χ2v) is 3.06. The number of aromatic nitrogens is 2. The Hall–Kier alpha value is -1.97. The summed E-state index contributed by atoms with van der Waals surface area (Å²) < 4.78 is 1.88. The molecule has 2 rings (SSSR count). The van der Waals surface area contributed by atoms with Crippen LogP contribution < -0.4 is 0 Å². The van der Waals surface area contributed by atoms with Gasteiger partial charge >= 0.3 is 0 Å². The predicted molar refractivity (Wildman–Crippen MR) is 51.1 cm³/mol. The van der Waals surface area contributed by atoms with Crippen LogP contribution in [-0.4, -0.2) is 19.8 Å². The van der Waals surface area contributed by atoms with E-state index in [2.05, 4.69) is 4.98 Å². The third-order valence-electron chi connectivity index (χ3n) is 1.96. The number of imidazole rings is 1. The van der Waals surface area contributed by atoms with Crippen molar-refractivity contribution in [1.82, 2.24) is 9.55 Å². The van der Waals surface area contributed by atoms with Gasteiger partial charge in [0.15, 0.2) is 11.5 Å². The molecular formula is C10H10N2O2. The molecule has 0 unspecified atom stereocenters. The molecule has 2 aromatic rings. The summed E-state index contributed by atoms with van der Waals surface area (Å²) in [5.74, 6) is -0.193. The van der Waals surface area contributed by atoms with Gasteiger partial charge in [0.1, 0.15) is 0 Å². The van der Waals surface area contributed by atoms with E-state index in [1.54, 1.807) is 18.6 Å². The topological polar surface area (TPSA) is 58.3 Å². The Bertz CT molecular complexity index is 424. The predicted octanol–water partition coefficient (Wildman–Crippen LogP) is 1.34. The van der Waals surface area contributed by atoms with E-state index < -0.39 is 0 Å². The van der Waals surface area contributed by atoms with Gasteiger partial charge in [-0.25, -0.2) is 4.98 Å². The Morgan fingerprint density at radius 1 is 1.21 bits per heavy atom. The van der Waals surface area contributed by atoms with Crippen LogP contribution in [0.4, 0.5) is 0 Å². The molecule has 14 heavy (non-hydrogen) atoms. The van der Waals surface area contributed by atoms with Gasteiger partial charge in [-0.3, -0.25) is 0 Å². The number of rotatable bonds is 2. The highest BCUT2D eigenvalue weighted by molar-refractivity contribution is 5.40. The van der Waals surface area contributed by atoms with E-state index in [9.17, 15) is 5.11 Å². The van der Waals surface area contributed by atoms with Gasteiger partial charge in [0.05, 0.1) is 6.33 Å². The zero-order chi connectivity index (χ0) is 9.97. The van der Waals surface area contributed by atoms with Crippen LogP contribution in [0.15, 0.2) is 36.9 Å². The number of benzene rings is 1. The Balaban J connectivity index is 2.22. The van der Waals surface area contributed by atoms with Gasteiger partial charge < -0.3 is 14.8 Å². The minimum Gasteiger partial charge on any atom is -0.504 e. The molecule has 0 bridgehead atoms. The lowest BCUT2D eigenvalue weighted by atomic mass is 10.2. The van der Waals surface area contributed by atoms with E-state index in [0.717, 1.165) is 5.56 Å². The van der Waals surface area contributed by atoms with Crippen LogP contribution in [0.2, 0.25) is 0 Å². The molecule has 1 heterocycles. The first-order chi connectivity index (χ1) is 6.75. The Labute approximate surface area is 81.1 Å². The van der Waals surface area contributed by atoms with Gasteiger partial charge in [0, 0.05) is 18.9 Å². The summed E-state index contributed by atoms with van der Waals surface area (Å²) in [6.45, 7) is 0.633. The lowest BCUT2D eigenvalue weighted by Crippen LogP contribution is -1.95. The van der Waals surface area contributed by atoms with Crippen LogP contribution >= 0.6 is 0 Å². The summed E-state index contributed by atoms with van der Waals surface area (Å²) in [6.07, 6.45) is 5.23.